The van der Waals surface area contributed by atoms with Crippen molar-refractivity contribution < 1.29 is 19.2 Å². The van der Waals surface area contributed by atoms with Gasteiger partial charge in [0.2, 0.25) is 5.91 Å². The van der Waals surface area contributed by atoms with Gasteiger partial charge in [0.05, 0.1) is 17.9 Å². The molecule has 1 N–H and O–H groups in total. The van der Waals surface area contributed by atoms with Crippen molar-refractivity contribution in [2.45, 2.75) is 18.9 Å². The molecule has 0 saturated carbocycles. The number of anilines is 2. The highest BCUT2D eigenvalue weighted by atomic mass is 32.2. The minimum atomic E-state index is -0.660. The van der Waals surface area contributed by atoms with E-state index in [9.17, 15) is 19.7 Å². The van der Waals surface area contributed by atoms with Crippen LogP contribution in [-0.4, -0.2) is 59.5 Å². The lowest BCUT2D eigenvalue weighted by Crippen LogP contribution is -2.44. The van der Waals surface area contributed by atoms with E-state index in [4.69, 9.17) is 4.74 Å². The zero-order chi connectivity index (χ0) is 22.7. The van der Waals surface area contributed by atoms with Crippen LogP contribution in [0.2, 0.25) is 0 Å². The first-order valence-corrected chi connectivity index (χ1v) is 11.5. The molecule has 9 nitrogen and oxygen atoms in total. The van der Waals surface area contributed by atoms with Crippen LogP contribution < -0.4 is 15.0 Å². The number of benzene rings is 2. The van der Waals surface area contributed by atoms with Crippen molar-refractivity contribution in [1.82, 2.24) is 4.90 Å². The van der Waals surface area contributed by atoms with Crippen LogP contribution >= 0.6 is 11.8 Å². The van der Waals surface area contributed by atoms with E-state index in [1.54, 1.807) is 43.5 Å². The highest BCUT2D eigenvalue weighted by molar-refractivity contribution is 7.99. The smallest absolute Gasteiger partial charge is 0.293 e. The molecule has 1 unspecified atom stereocenters. The molecular weight excluding hydrogens is 432 g/mol. The molecule has 0 spiro atoms. The average Bonchev–Trinajstić information content (AvgIpc) is 3.51. The Morgan fingerprint density at radius 2 is 1.88 bits per heavy atom. The maximum Gasteiger partial charge on any atom is 0.293 e. The Hall–Kier alpha value is -3.27. The Morgan fingerprint density at radius 3 is 2.53 bits per heavy atom. The van der Waals surface area contributed by atoms with Gasteiger partial charge in [0, 0.05) is 36.2 Å². The molecule has 10 heteroatoms. The molecule has 0 aliphatic carbocycles. The zero-order valence-corrected chi connectivity index (χ0v) is 18.5. The molecule has 2 aliphatic rings. The first-order valence-electron chi connectivity index (χ1n) is 10.3. The van der Waals surface area contributed by atoms with Crippen LogP contribution in [0.15, 0.2) is 42.5 Å². The molecule has 4 rings (SSSR count). The van der Waals surface area contributed by atoms with Crippen LogP contribution in [-0.2, 0) is 4.79 Å². The normalized spacial score (nSPS) is 18.0. The summed E-state index contributed by atoms with van der Waals surface area (Å²) in [6.45, 7) is 1.54. The second-order valence-electron chi connectivity index (χ2n) is 7.66. The average molecular weight is 457 g/mol. The van der Waals surface area contributed by atoms with Gasteiger partial charge in [-0.15, -0.1) is 11.8 Å². The quantitative estimate of drug-likeness (QED) is 0.525. The van der Waals surface area contributed by atoms with E-state index < -0.39 is 11.0 Å². The van der Waals surface area contributed by atoms with Crippen molar-refractivity contribution in [1.29, 1.82) is 0 Å². The minimum Gasteiger partial charge on any atom is -0.497 e. The second kappa shape index (κ2) is 9.47. The summed E-state index contributed by atoms with van der Waals surface area (Å²) in [5.74, 6) is 0.802. The largest absolute Gasteiger partial charge is 0.497 e. The van der Waals surface area contributed by atoms with Crippen molar-refractivity contribution in [2.24, 2.45) is 0 Å². The van der Waals surface area contributed by atoms with E-state index in [1.807, 2.05) is 4.90 Å². The Kier molecular flexibility index (Phi) is 6.50. The van der Waals surface area contributed by atoms with Crippen molar-refractivity contribution in [3.8, 4) is 5.75 Å². The SMILES string of the molecule is COc1ccc(NC(=O)C2CSCN2C(=O)c2ccc(N3CCCC3)c([N+](=O)[O-])c2)cc1. The number of hydrogen-bond donors (Lipinski definition) is 1. The lowest BCUT2D eigenvalue weighted by Gasteiger charge is -2.24. The summed E-state index contributed by atoms with van der Waals surface area (Å²) in [7, 11) is 1.56. The molecule has 2 fully saturated rings. The highest BCUT2D eigenvalue weighted by Crippen LogP contribution is 2.33. The Morgan fingerprint density at radius 1 is 1.16 bits per heavy atom. The summed E-state index contributed by atoms with van der Waals surface area (Å²) in [4.78, 5) is 40.7. The van der Waals surface area contributed by atoms with Gasteiger partial charge in [0.25, 0.3) is 11.6 Å². The van der Waals surface area contributed by atoms with Gasteiger partial charge in [0.1, 0.15) is 17.5 Å². The van der Waals surface area contributed by atoms with Crippen LogP contribution in [0.25, 0.3) is 0 Å². The van der Waals surface area contributed by atoms with E-state index in [1.165, 1.54) is 22.7 Å². The molecule has 2 amide bonds. The molecule has 2 saturated heterocycles. The number of carbonyl (C=O) groups excluding carboxylic acids is 2. The van der Waals surface area contributed by atoms with E-state index in [0.717, 1.165) is 25.9 Å². The van der Waals surface area contributed by atoms with Gasteiger partial charge in [-0.25, -0.2) is 0 Å². The maximum absolute atomic E-state index is 13.2. The number of thioether (sulfide) groups is 1. The number of nitrogens with one attached hydrogen (secondary N) is 1. The molecule has 2 heterocycles. The molecule has 2 aliphatic heterocycles. The first-order chi connectivity index (χ1) is 15.5. The third-order valence-corrected chi connectivity index (χ3v) is 6.68. The minimum absolute atomic E-state index is 0.0798. The first kappa shape index (κ1) is 21.9. The molecule has 168 valence electrons. The molecule has 2 aromatic rings. The molecule has 0 aromatic heterocycles. The molecule has 0 bridgehead atoms. The van der Waals surface area contributed by atoms with Crippen molar-refractivity contribution in [2.75, 3.05) is 42.0 Å². The Bertz CT molecular complexity index is 1020. The number of hydrogen-bond acceptors (Lipinski definition) is 7. The van der Waals surface area contributed by atoms with Crippen LogP contribution in [0, 0.1) is 10.1 Å². The summed E-state index contributed by atoms with van der Waals surface area (Å²) in [5.41, 5.74) is 1.27. The van der Waals surface area contributed by atoms with Gasteiger partial charge in [-0.3, -0.25) is 19.7 Å². The number of rotatable bonds is 6. The number of nitro benzene ring substituents is 1. The number of ether oxygens (including phenoxy) is 1. The van der Waals surface area contributed by atoms with E-state index >= 15 is 0 Å². The Labute approximate surface area is 189 Å². The number of carbonyl (C=O) groups is 2. The van der Waals surface area contributed by atoms with Gasteiger partial charge >= 0.3 is 0 Å². The molecule has 0 radical (unpaired) electrons. The van der Waals surface area contributed by atoms with Crippen LogP contribution in [0.4, 0.5) is 17.1 Å². The van der Waals surface area contributed by atoms with Gasteiger partial charge in [-0.05, 0) is 49.2 Å². The van der Waals surface area contributed by atoms with Crippen LogP contribution in [0.3, 0.4) is 0 Å². The third-order valence-electron chi connectivity index (χ3n) is 5.67. The lowest BCUT2D eigenvalue weighted by atomic mass is 10.1. The fraction of sp³-hybridized carbons (Fsp3) is 0.364. The number of methoxy groups -OCH3 is 1. The predicted molar refractivity (Wildman–Crippen MR) is 123 cm³/mol. The number of nitrogens with zero attached hydrogens (tertiary/aromatic N) is 3. The Balaban J connectivity index is 1.51. The fourth-order valence-electron chi connectivity index (χ4n) is 3.95. The van der Waals surface area contributed by atoms with E-state index in [2.05, 4.69) is 5.32 Å². The van der Waals surface area contributed by atoms with Crippen molar-refractivity contribution >= 4 is 40.6 Å². The van der Waals surface area contributed by atoms with Gasteiger partial charge in [0.15, 0.2) is 0 Å². The van der Waals surface area contributed by atoms with E-state index in [-0.39, 0.29) is 23.1 Å². The third kappa shape index (κ3) is 4.50. The summed E-state index contributed by atoms with van der Waals surface area (Å²) in [5, 5.41) is 14.5. The summed E-state index contributed by atoms with van der Waals surface area (Å²) in [6, 6.07) is 10.9. The molecule has 1 atom stereocenters. The predicted octanol–water partition coefficient (Wildman–Crippen LogP) is 3.36. The van der Waals surface area contributed by atoms with Gasteiger partial charge < -0.3 is 19.9 Å². The summed E-state index contributed by atoms with van der Waals surface area (Å²) in [6.07, 6.45) is 1.99. The number of amides is 2. The van der Waals surface area contributed by atoms with E-state index in [0.29, 0.717) is 28.8 Å². The van der Waals surface area contributed by atoms with Crippen LogP contribution in [0.1, 0.15) is 23.2 Å². The lowest BCUT2D eigenvalue weighted by molar-refractivity contribution is -0.384. The summed E-state index contributed by atoms with van der Waals surface area (Å²) >= 11 is 1.47. The van der Waals surface area contributed by atoms with Gasteiger partial charge in [-0.1, -0.05) is 0 Å². The highest BCUT2D eigenvalue weighted by Gasteiger charge is 2.36. The molecular formula is C22H24N4O5S. The second-order valence-corrected chi connectivity index (χ2v) is 8.66. The zero-order valence-electron chi connectivity index (χ0n) is 17.7. The maximum atomic E-state index is 13.2. The summed E-state index contributed by atoms with van der Waals surface area (Å²) < 4.78 is 5.12. The molecule has 32 heavy (non-hydrogen) atoms. The van der Waals surface area contributed by atoms with Crippen molar-refractivity contribution in [3.63, 3.8) is 0 Å². The van der Waals surface area contributed by atoms with Crippen molar-refractivity contribution in [3.05, 3.63) is 58.1 Å². The van der Waals surface area contributed by atoms with Crippen LogP contribution in [0.5, 0.6) is 5.75 Å². The number of nitro groups is 1. The topological polar surface area (TPSA) is 105 Å². The van der Waals surface area contributed by atoms with Gasteiger partial charge in [-0.2, -0.15) is 0 Å². The standard InChI is InChI=1S/C22H24N4O5S/c1-31-17-7-5-16(6-8-17)23-21(27)20-13-32-14-25(20)22(28)15-4-9-18(19(12-15)26(29)30)24-10-2-3-11-24/h4-9,12,20H,2-3,10-11,13-14H2,1H3,(H,23,27). The monoisotopic (exact) mass is 456 g/mol. The molecule has 2 aromatic carbocycles. The fourth-order valence-corrected chi connectivity index (χ4v) is 5.11.